The quantitative estimate of drug-likeness (QED) is 0.236. The number of hydrogen-bond acceptors (Lipinski definition) is 9. The lowest BCUT2D eigenvalue weighted by molar-refractivity contribution is -0.135. The van der Waals surface area contributed by atoms with E-state index >= 15 is 0 Å². The Morgan fingerprint density at radius 3 is 2.00 bits per heavy atom. The summed E-state index contributed by atoms with van der Waals surface area (Å²) in [6, 6.07) is 21.1. The molecule has 1 aliphatic carbocycles. The number of rotatable bonds is 7. The smallest absolute Gasteiger partial charge is 0.331 e. The molecule has 43 heavy (non-hydrogen) atoms. The zero-order valence-corrected chi connectivity index (χ0v) is 24.3. The average Bonchev–Trinajstić information content (AvgIpc) is 3.27. The van der Waals surface area contributed by atoms with Gasteiger partial charge in [-0.3, -0.25) is 4.79 Å². The van der Waals surface area contributed by atoms with Crippen LogP contribution in [0.3, 0.4) is 0 Å². The maximum absolute atomic E-state index is 14.5. The van der Waals surface area contributed by atoms with Crippen molar-refractivity contribution < 1.29 is 43.1 Å². The molecule has 9 heteroatoms. The first-order valence-electron chi connectivity index (χ1n) is 13.6. The first kappa shape index (κ1) is 28.1. The topological polar surface area (TPSA) is 110 Å². The van der Waals surface area contributed by atoms with E-state index in [1.165, 1.54) is 27.2 Å². The summed E-state index contributed by atoms with van der Waals surface area (Å²) in [6.07, 6.45) is -1.23. The predicted octanol–water partition coefficient (Wildman–Crippen LogP) is 5.08. The maximum Gasteiger partial charge on any atom is 0.331 e. The molecule has 6 rings (SSSR count). The van der Waals surface area contributed by atoms with Crippen molar-refractivity contribution in [3.8, 4) is 34.5 Å². The molecule has 1 aliphatic heterocycles. The molecule has 3 atom stereocenters. The molecule has 0 fully saturated rings. The number of aliphatic hydroxyl groups excluding tert-OH is 1. The van der Waals surface area contributed by atoms with Gasteiger partial charge in [0.05, 0.1) is 34.5 Å². The van der Waals surface area contributed by atoms with Gasteiger partial charge >= 0.3 is 11.9 Å². The Balaban J connectivity index is 1.79. The van der Waals surface area contributed by atoms with E-state index in [-0.39, 0.29) is 11.5 Å². The minimum atomic E-state index is -1.55. The highest BCUT2D eigenvalue weighted by atomic mass is 16.6. The average molecular weight is 583 g/mol. The number of aliphatic hydroxyl groups is 1. The molecular formula is C34H30O9. The lowest BCUT2D eigenvalue weighted by Gasteiger charge is -2.31. The van der Waals surface area contributed by atoms with Gasteiger partial charge in [-0.2, -0.15) is 0 Å². The van der Waals surface area contributed by atoms with Crippen LogP contribution in [0.4, 0.5) is 0 Å². The molecule has 0 spiro atoms. The van der Waals surface area contributed by atoms with Crippen LogP contribution in [0, 0.1) is 0 Å². The van der Waals surface area contributed by atoms with Crippen molar-refractivity contribution in [1.82, 2.24) is 0 Å². The summed E-state index contributed by atoms with van der Waals surface area (Å²) < 4.78 is 33.8. The Hall–Kier alpha value is -5.02. The van der Waals surface area contributed by atoms with Crippen molar-refractivity contribution in [2.45, 2.75) is 24.4 Å². The standard InChI is InChI=1S/C34H30O9/c1-18(35)42-24-14-25-31-28(17-24)43-33(37)34(31,20-8-12-22(39-3)13-9-20)26-15-23(40-4)16-27(41-5)30(26)29(32(25)36)19-6-10-21(38-2)11-7-19/h6-17,29,32,36H,1-5H3/t29?,32?,34-/m1/s1. The lowest BCUT2D eigenvalue weighted by atomic mass is 9.68. The Morgan fingerprint density at radius 1 is 0.791 bits per heavy atom. The summed E-state index contributed by atoms with van der Waals surface area (Å²) in [6.45, 7) is 1.28. The molecule has 2 aliphatic rings. The summed E-state index contributed by atoms with van der Waals surface area (Å²) in [7, 11) is 6.20. The van der Waals surface area contributed by atoms with E-state index in [9.17, 15) is 14.7 Å². The number of carbonyl (C=O) groups is 2. The fraction of sp³-hybridized carbons (Fsp3) is 0.235. The summed E-state index contributed by atoms with van der Waals surface area (Å²) >= 11 is 0. The fourth-order valence-corrected chi connectivity index (χ4v) is 6.35. The molecule has 4 aromatic carbocycles. The van der Waals surface area contributed by atoms with Gasteiger partial charge in [0, 0.05) is 36.1 Å². The molecule has 0 aromatic heterocycles. The Kier molecular flexibility index (Phi) is 6.98. The number of esters is 2. The molecule has 0 saturated carbocycles. The molecule has 0 radical (unpaired) electrons. The second-order valence-electron chi connectivity index (χ2n) is 10.3. The summed E-state index contributed by atoms with van der Waals surface area (Å²) in [5, 5.41) is 12.4. The van der Waals surface area contributed by atoms with E-state index in [0.29, 0.717) is 50.8 Å². The molecule has 0 bridgehead atoms. The van der Waals surface area contributed by atoms with Gasteiger partial charge < -0.3 is 33.5 Å². The Morgan fingerprint density at radius 2 is 1.42 bits per heavy atom. The molecule has 4 aromatic rings. The van der Waals surface area contributed by atoms with E-state index < -0.39 is 29.4 Å². The third-order valence-electron chi connectivity index (χ3n) is 8.17. The van der Waals surface area contributed by atoms with Crippen molar-refractivity contribution in [2.75, 3.05) is 28.4 Å². The number of ether oxygens (including phenoxy) is 6. The van der Waals surface area contributed by atoms with Gasteiger partial charge in [-0.15, -0.1) is 0 Å². The first-order chi connectivity index (χ1) is 20.8. The minimum Gasteiger partial charge on any atom is -0.497 e. The molecule has 0 amide bonds. The molecular weight excluding hydrogens is 552 g/mol. The first-order valence-corrected chi connectivity index (χ1v) is 13.6. The van der Waals surface area contributed by atoms with E-state index in [1.807, 2.05) is 12.1 Å². The van der Waals surface area contributed by atoms with Crippen LogP contribution in [0.2, 0.25) is 0 Å². The van der Waals surface area contributed by atoms with E-state index in [0.717, 1.165) is 5.56 Å². The highest BCUT2D eigenvalue weighted by Crippen LogP contribution is 2.61. The van der Waals surface area contributed by atoms with Crippen LogP contribution in [0.1, 0.15) is 52.3 Å². The van der Waals surface area contributed by atoms with Crippen LogP contribution in [-0.2, 0) is 15.0 Å². The predicted molar refractivity (Wildman–Crippen MR) is 156 cm³/mol. The number of hydrogen-bond donors (Lipinski definition) is 1. The van der Waals surface area contributed by atoms with Crippen molar-refractivity contribution in [3.63, 3.8) is 0 Å². The second-order valence-corrected chi connectivity index (χ2v) is 10.3. The minimum absolute atomic E-state index is 0.141. The largest absolute Gasteiger partial charge is 0.497 e. The van der Waals surface area contributed by atoms with Gasteiger partial charge in [0.2, 0.25) is 0 Å². The van der Waals surface area contributed by atoms with Crippen molar-refractivity contribution in [3.05, 3.63) is 106 Å². The third-order valence-corrected chi connectivity index (χ3v) is 8.17. The second kappa shape index (κ2) is 10.7. The summed E-state index contributed by atoms with van der Waals surface area (Å²) in [4.78, 5) is 26.4. The molecule has 2 unspecified atom stereocenters. The SMILES string of the molecule is COc1ccc(C2c3c(OC)cc(OC)cc3[C@@]3(c4ccc(OC)cc4)C(=O)Oc4cc(OC(C)=O)cc(c43)C2O)cc1. The van der Waals surface area contributed by atoms with Crippen LogP contribution in [0.5, 0.6) is 34.5 Å². The zero-order valence-electron chi connectivity index (χ0n) is 24.3. The van der Waals surface area contributed by atoms with Gasteiger partial charge in [0.15, 0.2) is 0 Å². The fourth-order valence-electron chi connectivity index (χ4n) is 6.35. The van der Waals surface area contributed by atoms with Crippen molar-refractivity contribution >= 4 is 11.9 Å². The molecule has 9 nitrogen and oxygen atoms in total. The van der Waals surface area contributed by atoms with Crippen molar-refractivity contribution in [1.29, 1.82) is 0 Å². The number of fused-ring (bicyclic) bond motifs is 2. The lowest BCUT2D eigenvalue weighted by Crippen LogP contribution is -2.37. The zero-order chi connectivity index (χ0) is 30.5. The van der Waals surface area contributed by atoms with Crippen molar-refractivity contribution in [2.24, 2.45) is 0 Å². The Labute approximate surface area is 248 Å². The van der Waals surface area contributed by atoms with E-state index in [1.54, 1.807) is 68.8 Å². The summed E-state index contributed by atoms with van der Waals surface area (Å²) in [5.74, 6) is 0.557. The number of carbonyl (C=O) groups excluding carboxylic acids is 2. The van der Waals surface area contributed by atoms with Crippen LogP contribution < -0.4 is 28.4 Å². The van der Waals surface area contributed by atoms with E-state index in [4.69, 9.17) is 28.4 Å². The van der Waals surface area contributed by atoms with Gasteiger partial charge in [0.25, 0.3) is 0 Å². The van der Waals surface area contributed by atoms with Gasteiger partial charge in [-0.25, -0.2) is 4.79 Å². The number of benzene rings is 4. The normalized spacial score (nSPS) is 19.8. The van der Waals surface area contributed by atoms with Crippen LogP contribution >= 0.6 is 0 Å². The van der Waals surface area contributed by atoms with Crippen LogP contribution in [-0.4, -0.2) is 45.5 Å². The third kappa shape index (κ3) is 4.27. The monoisotopic (exact) mass is 582 g/mol. The molecule has 1 N–H and O–H groups in total. The highest BCUT2D eigenvalue weighted by Gasteiger charge is 2.58. The molecule has 1 heterocycles. The van der Waals surface area contributed by atoms with E-state index in [2.05, 4.69) is 0 Å². The molecule has 0 saturated heterocycles. The maximum atomic E-state index is 14.5. The highest BCUT2D eigenvalue weighted by molar-refractivity contribution is 6.00. The van der Waals surface area contributed by atoms with Crippen LogP contribution in [0.15, 0.2) is 72.8 Å². The van der Waals surface area contributed by atoms with Crippen LogP contribution in [0.25, 0.3) is 0 Å². The Bertz CT molecular complexity index is 1730. The van der Waals surface area contributed by atoms with Gasteiger partial charge in [-0.05, 0) is 58.7 Å². The molecule has 220 valence electrons. The van der Waals surface area contributed by atoms with Gasteiger partial charge in [0.1, 0.15) is 39.9 Å². The van der Waals surface area contributed by atoms with Gasteiger partial charge in [-0.1, -0.05) is 24.3 Å². The summed E-state index contributed by atoms with van der Waals surface area (Å²) in [5.41, 5.74) is 1.68. The number of methoxy groups -OCH3 is 4.